The maximum Gasteiger partial charge on any atom is 0.337 e. The molecule has 29 heavy (non-hydrogen) atoms. The highest BCUT2D eigenvalue weighted by Gasteiger charge is 2.51. The van der Waals surface area contributed by atoms with Crippen LogP contribution in [0.4, 0.5) is 9.18 Å². The number of nitrogens with zero attached hydrogens (tertiary/aromatic N) is 1. The van der Waals surface area contributed by atoms with Gasteiger partial charge in [-0.2, -0.15) is 0 Å². The molecule has 0 saturated carbocycles. The van der Waals surface area contributed by atoms with E-state index in [1.165, 1.54) is 31.4 Å². The lowest BCUT2D eigenvalue weighted by Gasteiger charge is -2.27. The minimum absolute atomic E-state index is 0.0706. The molecule has 0 aliphatic carbocycles. The number of benzene rings is 2. The van der Waals surface area contributed by atoms with Crippen LogP contribution < -0.4 is 5.32 Å². The van der Waals surface area contributed by atoms with Gasteiger partial charge in [0.1, 0.15) is 11.4 Å². The predicted octanol–water partition coefficient (Wildman–Crippen LogP) is 3.75. The third kappa shape index (κ3) is 3.99. The Bertz CT molecular complexity index is 911. The van der Waals surface area contributed by atoms with E-state index in [1.807, 2.05) is 6.92 Å². The van der Waals surface area contributed by atoms with Crippen molar-refractivity contribution in [2.75, 3.05) is 7.11 Å². The summed E-state index contributed by atoms with van der Waals surface area (Å²) in [7, 11) is 1.30. The lowest BCUT2D eigenvalue weighted by Crippen LogP contribution is -2.44. The summed E-state index contributed by atoms with van der Waals surface area (Å²) in [6.07, 6.45) is 2.00. The van der Waals surface area contributed by atoms with E-state index in [2.05, 4.69) is 10.1 Å². The highest BCUT2D eigenvalue weighted by molar-refractivity contribution is 6.07. The largest absolute Gasteiger partial charge is 0.465 e. The second-order valence-corrected chi connectivity index (χ2v) is 7.03. The van der Waals surface area contributed by atoms with Gasteiger partial charge in [-0.25, -0.2) is 14.0 Å². The maximum absolute atomic E-state index is 13.4. The molecule has 152 valence electrons. The molecule has 6 nitrogen and oxygen atoms in total. The number of carbonyl (C=O) groups excluding carboxylic acids is 3. The second-order valence-electron chi connectivity index (χ2n) is 7.03. The van der Waals surface area contributed by atoms with Crippen LogP contribution >= 0.6 is 0 Å². The highest BCUT2D eigenvalue weighted by Crippen LogP contribution is 2.35. The topological polar surface area (TPSA) is 75.7 Å². The summed E-state index contributed by atoms with van der Waals surface area (Å²) >= 11 is 0. The first-order valence-corrected chi connectivity index (χ1v) is 9.48. The van der Waals surface area contributed by atoms with Gasteiger partial charge in [-0.15, -0.1) is 0 Å². The van der Waals surface area contributed by atoms with Gasteiger partial charge in [-0.3, -0.25) is 9.69 Å². The average molecular weight is 398 g/mol. The summed E-state index contributed by atoms with van der Waals surface area (Å²) in [4.78, 5) is 38.7. The molecule has 1 aliphatic rings. The van der Waals surface area contributed by atoms with E-state index in [1.54, 1.807) is 24.3 Å². The van der Waals surface area contributed by atoms with E-state index < -0.39 is 23.4 Å². The molecule has 1 heterocycles. The number of rotatable bonds is 7. The molecule has 0 spiro atoms. The van der Waals surface area contributed by atoms with Gasteiger partial charge in [-0.05, 0) is 41.8 Å². The fourth-order valence-corrected chi connectivity index (χ4v) is 3.50. The summed E-state index contributed by atoms with van der Waals surface area (Å²) in [5.41, 5.74) is 0.449. The number of carbonyl (C=O) groups is 3. The molecule has 1 N–H and O–H groups in total. The molecular formula is C22H23FN2O4. The van der Waals surface area contributed by atoms with Gasteiger partial charge in [0.25, 0.3) is 5.91 Å². The first-order chi connectivity index (χ1) is 13.9. The summed E-state index contributed by atoms with van der Waals surface area (Å²) in [5.74, 6) is -1.22. The molecule has 1 atom stereocenters. The molecule has 3 rings (SSSR count). The summed E-state index contributed by atoms with van der Waals surface area (Å²) in [6, 6.07) is 11.7. The number of unbranched alkanes of at least 4 members (excludes halogenated alkanes) is 1. The van der Waals surface area contributed by atoms with E-state index in [4.69, 9.17) is 0 Å². The van der Waals surface area contributed by atoms with Gasteiger partial charge >= 0.3 is 12.0 Å². The smallest absolute Gasteiger partial charge is 0.337 e. The number of nitrogens with one attached hydrogen (secondary N) is 1. The van der Waals surface area contributed by atoms with Gasteiger partial charge in [0.05, 0.1) is 19.2 Å². The Morgan fingerprint density at radius 3 is 2.34 bits per heavy atom. The molecular weight excluding hydrogens is 375 g/mol. The van der Waals surface area contributed by atoms with Crippen LogP contribution in [0.3, 0.4) is 0 Å². The third-order valence-corrected chi connectivity index (χ3v) is 5.13. The molecule has 2 aromatic rings. The standard InChI is InChI=1S/C22H23FN2O4/c1-3-4-13-22(17-9-11-18(23)12-10-17)20(27)25(21(28)24-22)14-15-5-7-16(8-6-15)19(26)29-2/h5-12H,3-4,13-14H2,1-2H3,(H,24,28). The maximum atomic E-state index is 13.4. The predicted molar refractivity (Wildman–Crippen MR) is 104 cm³/mol. The first kappa shape index (κ1) is 20.5. The zero-order chi connectivity index (χ0) is 21.0. The fourth-order valence-electron chi connectivity index (χ4n) is 3.50. The van der Waals surface area contributed by atoms with Crippen molar-refractivity contribution >= 4 is 17.9 Å². The Labute approximate surface area is 168 Å². The summed E-state index contributed by atoms with van der Waals surface area (Å²) < 4.78 is 18.1. The summed E-state index contributed by atoms with van der Waals surface area (Å²) in [5, 5.41) is 2.84. The molecule has 1 fully saturated rings. The second kappa shape index (κ2) is 8.43. The van der Waals surface area contributed by atoms with Gasteiger partial charge < -0.3 is 10.1 Å². The molecule has 0 radical (unpaired) electrons. The monoisotopic (exact) mass is 398 g/mol. The first-order valence-electron chi connectivity index (χ1n) is 9.48. The van der Waals surface area contributed by atoms with Gasteiger partial charge in [0.15, 0.2) is 0 Å². The molecule has 0 bridgehead atoms. The number of ether oxygens (including phenoxy) is 1. The van der Waals surface area contributed by atoms with Crippen LogP contribution in [0, 0.1) is 5.82 Å². The van der Waals surface area contributed by atoms with E-state index in [0.717, 1.165) is 17.7 Å². The van der Waals surface area contributed by atoms with Gasteiger partial charge in [0, 0.05) is 0 Å². The number of halogens is 1. The lowest BCUT2D eigenvalue weighted by atomic mass is 9.84. The minimum Gasteiger partial charge on any atom is -0.465 e. The van der Waals surface area contributed by atoms with Crippen LogP contribution in [0.15, 0.2) is 48.5 Å². The van der Waals surface area contributed by atoms with Crippen molar-refractivity contribution in [3.8, 4) is 0 Å². The van der Waals surface area contributed by atoms with Gasteiger partial charge in [-0.1, -0.05) is 44.0 Å². The third-order valence-electron chi connectivity index (χ3n) is 5.13. The fraction of sp³-hybridized carbons (Fsp3) is 0.318. The normalized spacial score (nSPS) is 18.7. The number of imide groups is 1. The van der Waals surface area contributed by atoms with Crippen molar-refractivity contribution in [1.82, 2.24) is 10.2 Å². The van der Waals surface area contributed by atoms with Crippen LogP contribution in [-0.2, 0) is 21.6 Å². The van der Waals surface area contributed by atoms with E-state index in [-0.39, 0.29) is 12.5 Å². The summed E-state index contributed by atoms with van der Waals surface area (Å²) in [6.45, 7) is 2.07. The van der Waals surface area contributed by atoms with E-state index in [0.29, 0.717) is 23.1 Å². The number of methoxy groups -OCH3 is 1. The minimum atomic E-state index is -1.20. The lowest BCUT2D eigenvalue weighted by molar-refractivity contribution is -0.132. The Kier molecular flexibility index (Phi) is 5.96. The van der Waals surface area contributed by atoms with Crippen molar-refractivity contribution < 1.29 is 23.5 Å². The zero-order valence-electron chi connectivity index (χ0n) is 16.4. The van der Waals surface area contributed by atoms with Crippen LogP contribution in [0.2, 0.25) is 0 Å². The van der Waals surface area contributed by atoms with Crippen molar-refractivity contribution in [3.63, 3.8) is 0 Å². The number of hydrogen-bond acceptors (Lipinski definition) is 4. The number of hydrogen-bond donors (Lipinski definition) is 1. The Balaban J connectivity index is 1.87. The molecule has 1 saturated heterocycles. The van der Waals surface area contributed by atoms with Crippen LogP contribution in [0.25, 0.3) is 0 Å². The molecule has 2 aromatic carbocycles. The highest BCUT2D eigenvalue weighted by atomic mass is 19.1. The number of urea groups is 1. The number of amides is 3. The number of esters is 1. The molecule has 0 aromatic heterocycles. The Morgan fingerprint density at radius 2 is 1.76 bits per heavy atom. The van der Waals surface area contributed by atoms with E-state index in [9.17, 15) is 18.8 Å². The molecule has 1 unspecified atom stereocenters. The average Bonchev–Trinajstić information content (AvgIpc) is 2.97. The molecule has 7 heteroatoms. The Morgan fingerprint density at radius 1 is 1.10 bits per heavy atom. The van der Waals surface area contributed by atoms with E-state index >= 15 is 0 Å². The van der Waals surface area contributed by atoms with Crippen molar-refractivity contribution in [3.05, 3.63) is 71.0 Å². The van der Waals surface area contributed by atoms with Gasteiger partial charge in [0.2, 0.25) is 0 Å². The van der Waals surface area contributed by atoms with Crippen molar-refractivity contribution in [1.29, 1.82) is 0 Å². The van der Waals surface area contributed by atoms with Crippen LogP contribution in [0.1, 0.15) is 47.7 Å². The Hall–Kier alpha value is -3.22. The van der Waals surface area contributed by atoms with Crippen molar-refractivity contribution in [2.45, 2.75) is 38.3 Å². The van der Waals surface area contributed by atoms with Crippen molar-refractivity contribution in [2.24, 2.45) is 0 Å². The quantitative estimate of drug-likeness (QED) is 0.569. The SMILES string of the molecule is CCCCC1(c2ccc(F)cc2)NC(=O)N(Cc2ccc(C(=O)OC)cc2)C1=O. The zero-order valence-corrected chi connectivity index (χ0v) is 16.4. The molecule has 1 aliphatic heterocycles. The van der Waals surface area contributed by atoms with Crippen LogP contribution in [0.5, 0.6) is 0 Å². The van der Waals surface area contributed by atoms with Crippen LogP contribution in [-0.4, -0.2) is 29.9 Å². The molecule has 3 amide bonds.